The Balaban J connectivity index is 2.48. The Bertz CT molecular complexity index is 479. The third-order valence-corrected chi connectivity index (χ3v) is 2.47. The van der Waals surface area contributed by atoms with Crippen molar-refractivity contribution >= 4 is 11.6 Å². The second-order valence-electron chi connectivity index (χ2n) is 3.34. The van der Waals surface area contributed by atoms with E-state index < -0.39 is 0 Å². The molecule has 3 nitrogen and oxygen atoms in total. The summed E-state index contributed by atoms with van der Waals surface area (Å²) in [6.07, 6.45) is 0. The molecule has 1 heterocycles. The van der Waals surface area contributed by atoms with Crippen LogP contribution >= 0.6 is 11.6 Å². The number of hydrogen-bond donors (Lipinski definition) is 1. The molecule has 0 amide bonds. The van der Waals surface area contributed by atoms with Crippen LogP contribution in [0.1, 0.15) is 11.3 Å². The standard InChI is InChI=1S/C11H11ClN2O/c1-7-2-3-8(12)4-10(7)11-5-9(6-13)15-14-11/h2-5H,6,13H2,1H3. The van der Waals surface area contributed by atoms with Crippen molar-refractivity contribution in [1.82, 2.24) is 5.16 Å². The Labute approximate surface area is 92.8 Å². The summed E-state index contributed by atoms with van der Waals surface area (Å²) in [5, 5.41) is 4.63. The van der Waals surface area contributed by atoms with Gasteiger partial charge in [0.1, 0.15) is 5.69 Å². The molecule has 0 saturated heterocycles. The van der Waals surface area contributed by atoms with E-state index in [1.165, 1.54) is 0 Å². The van der Waals surface area contributed by atoms with Crippen LogP contribution in [0.25, 0.3) is 11.3 Å². The summed E-state index contributed by atoms with van der Waals surface area (Å²) < 4.78 is 5.04. The molecular weight excluding hydrogens is 212 g/mol. The Hall–Kier alpha value is -1.32. The van der Waals surface area contributed by atoms with E-state index in [9.17, 15) is 0 Å². The molecular formula is C11H11ClN2O. The number of aryl methyl sites for hydroxylation is 1. The van der Waals surface area contributed by atoms with Crippen molar-refractivity contribution in [2.45, 2.75) is 13.5 Å². The van der Waals surface area contributed by atoms with Crippen LogP contribution in [0.5, 0.6) is 0 Å². The average molecular weight is 223 g/mol. The smallest absolute Gasteiger partial charge is 0.150 e. The summed E-state index contributed by atoms with van der Waals surface area (Å²) in [6, 6.07) is 7.51. The predicted molar refractivity (Wildman–Crippen MR) is 59.6 cm³/mol. The van der Waals surface area contributed by atoms with E-state index in [4.69, 9.17) is 21.9 Å². The van der Waals surface area contributed by atoms with Gasteiger partial charge in [0.15, 0.2) is 5.76 Å². The lowest BCUT2D eigenvalue weighted by atomic mass is 10.1. The molecule has 0 spiro atoms. The zero-order valence-corrected chi connectivity index (χ0v) is 9.08. The van der Waals surface area contributed by atoms with Gasteiger partial charge in [-0.1, -0.05) is 22.8 Å². The Morgan fingerprint density at radius 1 is 1.40 bits per heavy atom. The third-order valence-electron chi connectivity index (χ3n) is 2.24. The maximum atomic E-state index is 5.92. The van der Waals surface area contributed by atoms with Crippen molar-refractivity contribution in [3.63, 3.8) is 0 Å². The zero-order valence-electron chi connectivity index (χ0n) is 8.33. The molecule has 0 saturated carbocycles. The minimum absolute atomic E-state index is 0.354. The first-order valence-electron chi connectivity index (χ1n) is 4.63. The summed E-state index contributed by atoms with van der Waals surface area (Å²) in [4.78, 5) is 0. The second kappa shape index (κ2) is 4.04. The van der Waals surface area contributed by atoms with Gasteiger partial charge in [-0.3, -0.25) is 0 Å². The molecule has 2 N–H and O–H groups in total. The highest BCUT2D eigenvalue weighted by atomic mass is 35.5. The van der Waals surface area contributed by atoms with Crippen molar-refractivity contribution in [2.75, 3.05) is 0 Å². The molecule has 0 aliphatic heterocycles. The maximum Gasteiger partial charge on any atom is 0.150 e. The fourth-order valence-electron chi connectivity index (χ4n) is 1.41. The van der Waals surface area contributed by atoms with Gasteiger partial charge in [0.25, 0.3) is 0 Å². The lowest BCUT2D eigenvalue weighted by Crippen LogP contribution is -1.92. The Kier molecular flexibility index (Phi) is 2.75. The molecule has 0 unspecified atom stereocenters. The van der Waals surface area contributed by atoms with Crippen molar-refractivity contribution in [2.24, 2.45) is 5.73 Å². The van der Waals surface area contributed by atoms with Gasteiger partial charge in [0, 0.05) is 16.7 Å². The fourth-order valence-corrected chi connectivity index (χ4v) is 1.58. The van der Waals surface area contributed by atoms with Crippen molar-refractivity contribution in [3.05, 3.63) is 40.6 Å². The summed E-state index contributed by atoms with van der Waals surface area (Å²) in [7, 11) is 0. The highest BCUT2D eigenvalue weighted by Gasteiger charge is 2.08. The van der Waals surface area contributed by atoms with E-state index in [2.05, 4.69) is 5.16 Å². The van der Waals surface area contributed by atoms with E-state index in [0.29, 0.717) is 17.3 Å². The molecule has 0 bridgehead atoms. The lowest BCUT2D eigenvalue weighted by Gasteiger charge is -2.01. The number of hydrogen-bond acceptors (Lipinski definition) is 3. The normalized spacial score (nSPS) is 10.6. The topological polar surface area (TPSA) is 52.0 Å². The predicted octanol–water partition coefficient (Wildman–Crippen LogP) is 2.76. The van der Waals surface area contributed by atoms with E-state index in [1.54, 1.807) is 0 Å². The molecule has 2 rings (SSSR count). The molecule has 1 aromatic heterocycles. The molecule has 0 aliphatic rings. The van der Waals surface area contributed by atoms with E-state index in [1.807, 2.05) is 31.2 Å². The van der Waals surface area contributed by atoms with Crippen LogP contribution in [0.15, 0.2) is 28.8 Å². The van der Waals surface area contributed by atoms with Gasteiger partial charge >= 0.3 is 0 Å². The van der Waals surface area contributed by atoms with Crippen molar-refractivity contribution in [3.8, 4) is 11.3 Å². The SMILES string of the molecule is Cc1ccc(Cl)cc1-c1cc(CN)on1. The minimum atomic E-state index is 0.354. The van der Waals surface area contributed by atoms with Crippen LogP contribution in [-0.2, 0) is 6.54 Å². The highest BCUT2D eigenvalue weighted by molar-refractivity contribution is 6.30. The van der Waals surface area contributed by atoms with Gasteiger partial charge in [-0.15, -0.1) is 0 Å². The number of aromatic nitrogens is 1. The first-order chi connectivity index (χ1) is 7.20. The van der Waals surface area contributed by atoms with Gasteiger partial charge in [-0.05, 0) is 24.6 Å². The first-order valence-corrected chi connectivity index (χ1v) is 5.00. The first kappa shape index (κ1) is 10.2. The summed E-state index contributed by atoms with van der Waals surface area (Å²) in [5.41, 5.74) is 8.31. The molecule has 1 aromatic carbocycles. The monoisotopic (exact) mass is 222 g/mol. The van der Waals surface area contributed by atoms with Crippen molar-refractivity contribution < 1.29 is 4.52 Å². The van der Waals surface area contributed by atoms with E-state index in [0.717, 1.165) is 16.8 Å². The third kappa shape index (κ3) is 2.03. The molecule has 0 radical (unpaired) electrons. The number of nitrogens with two attached hydrogens (primary N) is 1. The summed E-state index contributed by atoms with van der Waals surface area (Å²) >= 11 is 5.92. The summed E-state index contributed by atoms with van der Waals surface area (Å²) in [5.74, 6) is 0.671. The molecule has 0 fully saturated rings. The molecule has 15 heavy (non-hydrogen) atoms. The van der Waals surface area contributed by atoms with Gasteiger partial charge in [0.05, 0.1) is 6.54 Å². The molecule has 78 valence electrons. The van der Waals surface area contributed by atoms with Crippen LogP contribution in [0.3, 0.4) is 0 Å². The Morgan fingerprint density at radius 3 is 2.87 bits per heavy atom. The van der Waals surface area contributed by atoms with Gasteiger partial charge in [0.2, 0.25) is 0 Å². The lowest BCUT2D eigenvalue weighted by molar-refractivity contribution is 0.387. The van der Waals surface area contributed by atoms with Crippen LogP contribution in [0.4, 0.5) is 0 Å². The second-order valence-corrected chi connectivity index (χ2v) is 3.78. The van der Waals surface area contributed by atoms with Crippen LogP contribution in [0.2, 0.25) is 5.02 Å². The van der Waals surface area contributed by atoms with Gasteiger partial charge < -0.3 is 10.3 Å². The number of rotatable bonds is 2. The van der Waals surface area contributed by atoms with Gasteiger partial charge in [-0.2, -0.15) is 0 Å². The molecule has 0 aliphatic carbocycles. The molecule has 2 aromatic rings. The highest BCUT2D eigenvalue weighted by Crippen LogP contribution is 2.26. The number of halogens is 1. The van der Waals surface area contributed by atoms with Crippen LogP contribution in [-0.4, -0.2) is 5.16 Å². The molecule has 4 heteroatoms. The number of nitrogens with zero attached hydrogens (tertiary/aromatic N) is 1. The average Bonchev–Trinajstić information content (AvgIpc) is 2.70. The maximum absolute atomic E-state index is 5.92. The fraction of sp³-hybridized carbons (Fsp3) is 0.182. The van der Waals surface area contributed by atoms with Crippen LogP contribution < -0.4 is 5.73 Å². The summed E-state index contributed by atoms with van der Waals surface area (Å²) in [6.45, 7) is 2.36. The van der Waals surface area contributed by atoms with Crippen molar-refractivity contribution in [1.29, 1.82) is 0 Å². The molecule has 0 atom stereocenters. The van der Waals surface area contributed by atoms with Crippen LogP contribution in [0, 0.1) is 6.92 Å². The van der Waals surface area contributed by atoms with E-state index >= 15 is 0 Å². The van der Waals surface area contributed by atoms with Gasteiger partial charge in [-0.25, -0.2) is 0 Å². The Morgan fingerprint density at radius 2 is 2.20 bits per heavy atom. The minimum Gasteiger partial charge on any atom is -0.359 e. The largest absolute Gasteiger partial charge is 0.359 e. The zero-order chi connectivity index (χ0) is 10.8. The number of benzene rings is 1. The quantitative estimate of drug-likeness (QED) is 0.850. The van der Waals surface area contributed by atoms with E-state index in [-0.39, 0.29) is 0 Å².